The van der Waals surface area contributed by atoms with Crippen LogP contribution in [-0.4, -0.2) is 16.1 Å². The standard InChI is InChI=1S/C15H21NO4/c1-6-15(19-13(2,3)14(4,5)20-15)11-8-7-9-12(10-11)16(17)18/h7-10H,6H2,1-5H3. The van der Waals surface area contributed by atoms with Crippen molar-refractivity contribution >= 4 is 5.69 Å². The van der Waals surface area contributed by atoms with Gasteiger partial charge in [-0.2, -0.15) is 0 Å². The zero-order valence-corrected chi connectivity index (χ0v) is 12.6. The number of hydrogen-bond donors (Lipinski definition) is 0. The molecule has 0 atom stereocenters. The van der Waals surface area contributed by atoms with Gasteiger partial charge in [0.25, 0.3) is 5.69 Å². The van der Waals surface area contributed by atoms with E-state index in [4.69, 9.17) is 9.47 Å². The number of nitro groups is 1. The number of hydrogen-bond acceptors (Lipinski definition) is 4. The summed E-state index contributed by atoms with van der Waals surface area (Å²) < 4.78 is 12.4. The number of nitrogens with zero attached hydrogens (tertiary/aromatic N) is 1. The van der Waals surface area contributed by atoms with Crippen LogP contribution < -0.4 is 0 Å². The van der Waals surface area contributed by atoms with Crippen LogP contribution in [0.5, 0.6) is 0 Å². The van der Waals surface area contributed by atoms with Crippen LogP contribution >= 0.6 is 0 Å². The van der Waals surface area contributed by atoms with Crippen molar-refractivity contribution in [2.75, 3.05) is 0 Å². The highest BCUT2D eigenvalue weighted by molar-refractivity contribution is 5.37. The zero-order chi connectivity index (χ0) is 15.2. The van der Waals surface area contributed by atoms with Crippen LogP contribution in [0.4, 0.5) is 5.69 Å². The Bertz CT molecular complexity index is 520. The van der Waals surface area contributed by atoms with Gasteiger partial charge >= 0.3 is 0 Å². The monoisotopic (exact) mass is 279 g/mol. The van der Waals surface area contributed by atoms with Crippen molar-refractivity contribution in [1.29, 1.82) is 0 Å². The van der Waals surface area contributed by atoms with E-state index >= 15 is 0 Å². The highest BCUT2D eigenvalue weighted by Crippen LogP contribution is 2.50. The number of non-ortho nitro benzene ring substituents is 1. The Hall–Kier alpha value is -1.46. The normalized spacial score (nSPS) is 22.6. The summed E-state index contributed by atoms with van der Waals surface area (Å²) in [6, 6.07) is 6.48. The number of ether oxygens (including phenoxy) is 2. The molecule has 1 aliphatic rings. The minimum Gasteiger partial charge on any atom is -0.337 e. The molecule has 110 valence electrons. The van der Waals surface area contributed by atoms with E-state index < -0.39 is 21.9 Å². The molecule has 1 saturated heterocycles. The molecular formula is C15H21NO4. The second-order valence-corrected chi connectivity index (χ2v) is 6.14. The molecule has 0 aliphatic carbocycles. The van der Waals surface area contributed by atoms with Crippen LogP contribution in [0.1, 0.15) is 46.6 Å². The van der Waals surface area contributed by atoms with E-state index in [1.165, 1.54) is 12.1 Å². The molecule has 0 amide bonds. The minimum atomic E-state index is -0.932. The number of benzene rings is 1. The fourth-order valence-electron chi connectivity index (χ4n) is 2.41. The Kier molecular flexibility index (Phi) is 3.38. The molecule has 0 unspecified atom stereocenters. The van der Waals surface area contributed by atoms with E-state index in [9.17, 15) is 10.1 Å². The van der Waals surface area contributed by atoms with Crippen molar-refractivity contribution in [3.05, 3.63) is 39.9 Å². The molecule has 1 heterocycles. The molecule has 5 nitrogen and oxygen atoms in total. The summed E-state index contributed by atoms with van der Waals surface area (Å²) >= 11 is 0. The third-order valence-corrected chi connectivity index (χ3v) is 4.25. The third kappa shape index (κ3) is 2.21. The average molecular weight is 279 g/mol. The van der Waals surface area contributed by atoms with E-state index in [1.807, 2.05) is 40.7 Å². The lowest BCUT2D eigenvalue weighted by atomic mass is 9.90. The summed E-state index contributed by atoms with van der Waals surface area (Å²) in [6.07, 6.45) is 0.584. The molecule has 0 saturated carbocycles. The summed E-state index contributed by atoms with van der Waals surface area (Å²) in [5.41, 5.74) is -0.223. The van der Waals surface area contributed by atoms with Crippen molar-refractivity contribution in [2.24, 2.45) is 0 Å². The Morgan fingerprint density at radius 2 is 1.70 bits per heavy atom. The quantitative estimate of drug-likeness (QED) is 0.624. The predicted octanol–water partition coefficient (Wildman–Crippen LogP) is 3.76. The molecule has 0 N–H and O–H groups in total. The molecule has 1 aromatic carbocycles. The molecular weight excluding hydrogens is 258 g/mol. The third-order valence-electron chi connectivity index (χ3n) is 4.25. The van der Waals surface area contributed by atoms with Gasteiger partial charge in [0.1, 0.15) is 0 Å². The van der Waals surface area contributed by atoms with E-state index in [0.717, 1.165) is 0 Å². The van der Waals surface area contributed by atoms with Gasteiger partial charge in [-0.1, -0.05) is 19.1 Å². The SMILES string of the molecule is CCC1(c2cccc([N+](=O)[O-])c2)OC(C)(C)C(C)(C)O1. The topological polar surface area (TPSA) is 61.6 Å². The molecule has 20 heavy (non-hydrogen) atoms. The van der Waals surface area contributed by atoms with Crippen LogP contribution in [0.15, 0.2) is 24.3 Å². The second kappa shape index (κ2) is 4.53. The van der Waals surface area contributed by atoms with Crippen LogP contribution in [0, 0.1) is 10.1 Å². The summed E-state index contributed by atoms with van der Waals surface area (Å²) in [4.78, 5) is 10.5. The highest BCUT2D eigenvalue weighted by Gasteiger charge is 2.57. The molecule has 1 fully saturated rings. The number of rotatable bonds is 3. The van der Waals surface area contributed by atoms with Crippen LogP contribution in [0.3, 0.4) is 0 Å². The molecule has 0 radical (unpaired) electrons. The second-order valence-electron chi connectivity index (χ2n) is 6.14. The first kappa shape index (κ1) is 14.9. The molecule has 1 aromatic rings. The van der Waals surface area contributed by atoms with E-state index in [2.05, 4.69) is 0 Å². The van der Waals surface area contributed by atoms with Crippen LogP contribution in [-0.2, 0) is 15.3 Å². The van der Waals surface area contributed by atoms with Gasteiger partial charge in [-0.05, 0) is 27.7 Å². The van der Waals surface area contributed by atoms with E-state index in [-0.39, 0.29) is 5.69 Å². The van der Waals surface area contributed by atoms with Gasteiger partial charge in [-0.3, -0.25) is 10.1 Å². The van der Waals surface area contributed by atoms with Crippen molar-refractivity contribution < 1.29 is 14.4 Å². The molecule has 0 spiro atoms. The van der Waals surface area contributed by atoms with Gasteiger partial charge in [-0.25, -0.2) is 0 Å². The zero-order valence-electron chi connectivity index (χ0n) is 12.6. The summed E-state index contributed by atoms with van der Waals surface area (Å²) in [6.45, 7) is 9.85. The highest BCUT2D eigenvalue weighted by atomic mass is 16.8. The van der Waals surface area contributed by atoms with Crippen LogP contribution in [0.2, 0.25) is 0 Å². The maximum Gasteiger partial charge on any atom is 0.269 e. The summed E-state index contributed by atoms with van der Waals surface area (Å²) in [5, 5.41) is 10.9. The van der Waals surface area contributed by atoms with Gasteiger partial charge in [0, 0.05) is 24.1 Å². The predicted molar refractivity (Wildman–Crippen MR) is 75.4 cm³/mol. The van der Waals surface area contributed by atoms with Crippen molar-refractivity contribution in [3.8, 4) is 0 Å². The first-order valence-electron chi connectivity index (χ1n) is 6.79. The van der Waals surface area contributed by atoms with Crippen LogP contribution in [0.25, 0.3) is 0 Å². The molecule has 0 bridgehead atoms. The van der Waals surface area contributed by atoms with Crippen molar-refractivity contribution in [3.63, 3.8) is 0 Å². The summed E-state index contributed by atoms with van der Waals surface area (Å²) in [5.74, 6) is -0.932. The summed E-state index contributed by atoms with van der Waals surface area (Å²) in [7, 11) is 0. The first-order chi connectivity index (χ1) is 9.13. The average Bonchev–Trinajstić information content (AvgIpc) is 2.56. The maximum atomic E-state index is 10.9. The fourth-order valence-corrected chi connectivity index (χ4v) is 2.41. The van der Waals surface area contributed by atoms with E-state index in [1.54, 1.807) is 6.07 Å². The lowest BCUT2D eigenvalue weighted by Crippen LogP contribution is -2.41. The molecule has 0 aromatic heterocycles. The van der Waals surface area contributed by atoms with Crippen molar-refractivity contribution in [1.82, 2.24) is 0 Å². The Labute approximate surface area is 119 Å². The molecule has 1 aliphatic heterocycles. The largest absolute Gasteiger partial charge is 0.337 e. The van der Waals surface area contributed by atoms with Gasteiger partial charge in [0.05, 0.1) is 16.1 Å². The maximum absolute atomic E-state index is 10.9. The fraction of sp³-hybridized carbons (Fsp3) is 0.600. The lowest BCUT2D eigenvalue weighted by molar-refractivity contribution is -0.385. The minimum absolute atomic E-state index is 0.0463. The first-order valence-corrected chi connectivity index (χ1v) is 6.79. The Balaban J connectivity index is 2.49. The van der Waals surface area contributed by atoms with Crippen molar-refractivity contribution in [2.45, 2.75) is 58.0 Å². The Morgan fingerprint density at radius 1 is 1.15 bits per heavy atom. The number of nitro benzene ring substituents is 1. The molecule has 5 heteroatoms. The van der Waals surface area contributed by atoms with Gasteiger partial charge in [0.15, 0.2) is 5.79 Å². The van der Waals surface area contributed by atoms with Gasteiger partial charge in [-0.15, -0.1) is 0 Å². The van der Waals surface area contributed by atoms with Gasteiger partial charge in [0.2, 0.25) is 0 Å². The van der Waals surface area contributed by atoms with Gasteiger partial charge < -0.3 is 9.47 Å². The lowest BCUT2D eigenvalue weighted by Gasteiger charge is -2.30. The molecule has 2 rings (SSSR count). The smallest absolute Gasteiger partial charge is 0.269 e. The Morgan fingerprint density at radius 3 is 2.15 bits per heavy atom. The van der Waals surface area contributed by atoms with E-state index in [0.29, 0.717) is 12.0 Å².